The second kappa shape index (κ2) is 21.8. The molecule has 0 aromatic carbocycles. The van der Waals surface area contributed by atoms with E-state index in [0.717, 1.165) is 12.5 Å². The summed E-state index contributed by atoms with van der Waals surface area (Å²) in [5, 5.41) is 145. The number of ether oxygens (including phenoxy) is 11. The van der Waals surface area contributed by atoms with Crippen LogP contribution in [0, 0.1) is 46.3 Å². The molecule has 4 aliphatic carbocycles. The summed E-state index contributed by atoms with van der Waals surface area (Å²) in [6.07, 6.45) is -31.5. The maximum absolute atomic E-state index is 12.8. The van der Waals surface area contributed by atoms with Crippen molar-refractivity contribution < 1.29 is 123 Å². The molecule has 440 valence electrons. The van der Waals surface area contributed by atoms with Crippen LogP contribution in [0.1, 0.15) is 80.6 Å². The van der Waals surface area contributed by atoms with Crippen LogP contribution in [0.2, 0.25) is 0 Å². The first-order chi connectivity index (χ1) is 36.3. The van der Waals surface area contributed by atoms with Crippen molar-refractivity contribution in [3.05, 3.63) is 11.6 Å². The second-order valence-electron chi connectivity index (χ2n) is 24.3. The Hall–Kier alpha value is -1.71. The molecule has 9 fully saturated rings. The highest BCUT2D eigenvalue weighted by atomic mass is 16.8. The van der Waals surface area contributed by atoms with Gasteiger partial charge in [0.15, 0.2) is 37.1 Å². The van der Waals surface area contributed by atoms with Gasteiger partial charge in [0.2, 0.25) is 0 Å². The van der Waals surface area contributed by atoms with Crippen LogP contribution in [0.25, 0.3) is 0 Å². The molecule has 34 atom stereocenters. The van der Waals surface area contributed by atoms with Crippen molar-refractivity contribution in [1.82, 2.24) is 0 Å². The zero-order chi connectivity index (χ0) is 55.7. The normalized spacial score (nSPS) is 57.6. The van der Waals surface area contributed by atoms with Gasteiger partial charge in [0.1, 0.15) is 79.4 Å². The fourth-order valence-corrected chi connectivity index (χ4v) is 15.7. The van der Waals surface area contributed by atoms with E-state index in [1.165, 1.54) is 6.92 Å². The van der Waals surface area contributed by atoms with E-state index in [4.69, 9.17) is 52.1 Å². The Morgan fingerprint density at radius 2 is 1.31 bits per heavy atom. The van der Waals surface area contributed by atoms with Gasteiger partial charge in [-0.05, 0) is 57.3 Å². The Labute approximate surface area is 445 Å². The third-order valence-corrected chi connectivity index (χ3v) is 20.0. The first kappa shape index (κ1) is 58.5. The molecule has 0 bridgehead atoms. The summed E-state index contributed by atoms with van der Waals surface area (Å²) in [7, 11) is 0. The lowest BCUT2D eigenvalue weighted by Crippen LogP contribution is -2.67. The van der Waals surface area contributed by atoms with Gasteiger partial charge in [-0.2, -0.15) is 0 Å². The lowest BCUT2D eigenvalue weighted by molar-refractivity contribution is -0.393. The van der Waals surface area contributed by atoms with Gasteiger partial charge in [-0.3, -0.25) is 4.79 Å². The molecule has 25 nitrogen and oxygen atoms in total. The number of rotatable bonds is 10. The summed E-state index contributed by atoms with van der Waals surface area (Å²) in [5.41, 5.74) is -0.852. The molecule has 6 saturated heterocycles. The van der Waals surface area contributed by atoms with Gasteiger partial charge in [-0.1, -0.05) is 39.3 Å². The van der Waals surface area contributed by atoms with E-state index in [9.17, 15) is 71.2 Å². The van der Waals surface area contributed by atoms with E-state index in [-0.39, 0.29) is 49.5 Å². The lowest BCUT2D eigenvalue weighted by atomic mass is 9.45. The third kappa shape index (κ3) is 9.58. The van der Waals surface area contributed by atoms with E-state index in [1.807, 2.05) is 20.8 Å². The molecule has 0 amide bonds. The molecule has 25 heteroatoms. The molecule has 13 N–H and O–H groups in total. The first-order valence-corrected chi connectivity index (χ1v) is 27.4. The average Bonchev–Trinajstić information content (AvgIpc) is 3.85. The Kier molecular flexibility index (Phi) is 16.6. The van der Waals surface area contributed by atoms with Crippen LogP contribution in [0.4, 0.5) is 0 Å². The topological polar surface area (TPSA) is 382 Å². The summed E-state index contributed by atoms with van der Waals surface area (Å²) in [6.45, 7) is 10.8. The average molecular weight is 1110 g/mol. The van der Waals surface area contributed by atoms with E-state index >= 15 is 0 Å². The van der Waals surface area contributed by atoms with Gasteiger partial charge in [0.05, 0.1) is 62.5 Å². The van der Waals surface area contributed by atoms with E-state index in [0.29, 0.717) is 12.8 Å². The largest absolute Gasteiger partial charge is 0.457 e. The minimum atomic E-state index is -1.89. The smallest absolute Gasteiger partial charge is 0.303 e. The van der Waals surface area contributed by atoms with Crippen molar-refractivity contribution in [2.45, 2.75) is 240 Å². The van der Waals surface area contributed by atoms with E-state index in [2.05, 4.69) is 13.0 Å². The summed E-state index contributed by atoms with van der Waals surface area (Å²) in [4.78, 5) is 11.9. The van der Waals surface area contributed by atoms with Crippen LogP contribution in [0.5, 0.6) is 0 Å². The predicted octanol–water partition coefficient (Wildman–Crippen LogP) is -3.84. The highest BCUT2D eigenvalue weighted by molar-refractivity contribution is 5.66. The van der Waals surface area contributed by atoms with Gasteiger partial charge in [-0.25, -0.2) is 0 Å². The number of allylic oxidation sites excluding steroid dienone is 1. The molecule has 10 aliphatic rings. The van der Waals surface area contributed by atoms with Crippen molar-refractivity contribution in [2.24, 2.45) is 46.3 Å². The van der Waals surface area contributed by atoms with Crippen molar-refractivity contribution >= 4 is 5.97 Å². The van der Waals surface area contributed by atoms with Crippen LogP contribution < -0.4 is 0 Å². The van der Waals surface area contributed by atoms with Gasteiger partial charge >= 0.3 is 5.97 Å². The zero-order valence-electron chi connectivity index (χ0n) is 44.3. The molecule has 6 aliphatic heterocycles. The molecule has 0 aromatic rings. The summed E-state index contributed by atoms with van der Waals surface area (Å²) in [6, 6.07) is 0. The third-order valence-electron chi connectivity index (χ3n) is 20.0. The molecule has 77 heavy (non-hydrogen) atoms. The number of fused-ring (bicyclic) bond motifs is 7. The van der Waals surface area contributed by atoms with Crippen LogP contribution in [0.15, 0.2) is 11.6 Å². The second-order valence-corrected chi connectivity index (χ2v) is 24.3. The summed E-state index contributed by atoms with van der Waals surface area (Å²) >= 11 is 0. The monoisotopic (exact) mass is 1110 g/mol. The minimum Gasteiger partial charge on any atom is -0.457 e. The molecule has 3 unspecified atom stereocenters. The lowest BCUT2D eigenvalue weighted by Gasteiger charge is -2.62. The number of hydrogen-bond donors (Lipinski definition) is 13. The Morgan fingerprint density at radius 3 is 2.00 bits per heavy atom. The van der Waals surface area contributed by atoms with Crippen molar-refractivity contribution in [3.63, 3.8) is 0 Å². The molecule has 6 heterocycles. The maximum atomic E-state index is 12.8. The molecule has 3 saturated carbocycles. The maximum Gasteiger partial charge on any atom is 0.303 e. The number of carbonyl (C=O) groups is 1. The van der Waals surface area contributed by atoms with Crippen molar-refractivity contribution in [3.8, 4) is 0 Å². The quantitative estimate of drug-likeness (QED) is 0.0736. The predicted molar refractivity (Wildman–Crippen MR) is 255 cm³/mol. The van der Waals surface area contributed by atoms with E-state index in [1.54, 1.807) is 6.92 Å². The van der Waals surface area contributed by atoms with Crippen molar-refractivity contribution in [2.75, 3.05) is 19.8 Å². The molecular weight excluding hydrogens is 1020 g/mol. The molecule has 0 radical (unpaired) electrons. The Balaban J connectivity index is 0.929. The molecule has 1 spiro atoms. The molecule has 0 aromatic heterocycles. The van der Waals surface area contributed by atoms with Gasteiger partial charge < -0.3 is 118 Å². The highest BCUT2D eigenvalue weighted by Crippen LogP contribution is 2.71. The highest BCUT2D eigenvalue weighted by Gasteiger charge is 2.74. The number of carbonyl (C=O) groups excluding carboxylic acids is 1. The van der Waals surface area contributed by atoms with Crippen molar-refractivity contribution in [1.29, 1.82) is 0 Å². The first-order valence-electron chi connectivity index (χ1n) is 27.4. The number of esters is 1. The molecular formula is C52H82O25. The SMILES string of the molecule is CC(=O)O[C@@H]1[C@@H](O)[C@@H](O)[C@H](O[C@H]2[C@H](O[C@@H]3C[C@H](O)CC4=CC[C@@H]5[C@H](C[C@@H](O)[C@]6(C)C7C(C[C@@H]56)O[C@@]5(OC[C@@H](C)[C@H](O[C@@H]6O[C@H](C)[C@H](O)[C@H](O)[C@H]6O)[C@@H]5O)C7C)[C@]43C)O[C@H](CO)[C@@H](O)[C@@H]2O[C@@H]2OC[C@@H](O)[C@H](O)[C@H]2O)O[C@H]1C. The number of aliphatic hydroxyl groups is 13. The van der Waals surface area contributed by atoms with Crippen LogP contribution in [0.3, 0.4) is 0 Å². The summed E-state index contributed by atoms with van der Waals surface area (Å²) < 4.78 is 68.2. The van der Waals surface area contributed by atoms with Gasteiger partial charge in [0, 0.05) is 41.9 Å². The van der Waals surface area contributed by atoms with E-state index < -0.39 is 201 Å². The van der Waals surface area contributed by atoms with Crippen LogP contribution in [-0.4, -0.2) is 251 Å². The molecule has 10 rings (SSSR count). The standard InChI is InChI=1S/C52H82O25/c1-17-15-68-52(45(66)41(17)74-47-39(64)36(61)33(58)19(3)69-47)18(2)32-28(77-52)12-25-24-9-8-22-10-23(55)11-31(50(22,6)26(24)13-30(57)51(25,32)7)73-49-44(76-48-40(65)37(62)42(20(4)70-48)71-21(5)54)43(35(60)29(14-53)72-49)75-46-38(63)34(59)27(56)16-67-46/h8,17-20,23-49,53,55-66H,9-16H2,1-7H3/t17-,18?,19-,20+,23-,24+,25+,26+,27-,28?,29-,30-,31-,32?,33+,34+,35-,36+,37+,38-,39-,40-,41+,42+,43+,44-,45+,46+,47+,48+,49+,50+,51-,52+/m1/s1. The Morgan fingerprint density at radius 1 is 0.662 bits per heavy atom. The number of hydrogen-bond acceptors (Lipinski definition) is 25. The van der Waals surface area contributed by atoms with Gasteiger partial charge in [0.25, 0.3) is 0 Å². The summed E-state index contributed by atoms with van der Waals surface area (Å²) in [5.74, 6) is -4.11. The fourth-order valence-electron chi connectivity index (χ4n) is 15.7. The number of aliphatic hydroxyl groups excluding tert-OH is 13. The fraction of sp³-hybridized carbons (Fsp3) is 0.942. The van der Waals surface area contributed by atoms with Crippen LogP contribution in [-0.2, 0) is 56.9 Å². The zero-order valence-corrected chi connectivity index (χ0v) is 44.3. The Bertz CT molecular complexity index is 2120. The minimum absolute atomic E-state index is 0.0304. The van der Waals surface area contributed by atoms with Crippen LogP contribution >= 0.6 is 0 Å². The van der Waals surface area contributed by atoms with Gasteiger partial charge in [-0.15, -0.1) is 0 Å².